The molecule has 7 heteroatoms. The van der Waals surface area contributed by atoms with Gasteiger partial charge in [0.15, 0.2) is 5.82 Å². The Balaban J connectivity index is 1.58. The van der Waals surface area contributed by atoms with Crippen molar-refractivity contribution in [3.05, 3.63) is 47.9 Å². The quantitative estimate of drug-likeness (QED) is 0.706. The molecule has 0 radical (unpaired) electrons. The maximum absolute atomic E-state index is 14.4. The molecule has 2 aromatic heterocycles. The fourth-order valence-electron chi connectivity index (χ4n) is 2.27. The lowest BCUT2D eigenvalue weighted by Crippen LogP contribution is -2.05. The fourth-order valence-corrected chi connectivity index (χ4v) is 2.48. The largest absolute Gasteiger partial charge is 0.383 e. The average Bonchev–Trinajstić information content (AvgIpc) is 3.03. The second-order valence-electron chi connectivity index (χ2n) is 4.95. The summed E-state index contributed by atoms with van der Waals surface area (Å²) >= 11 is 6.04. The molecule has 3 rings (SSSR count). The molecule has 22 heavy (non-hydrogen) atoms. The Morgan fingerprint density at radius 3 is 2.77 bits per heavy atom. The van der Waals surface area contributed by atoms with Crippen LogP contribution < -0.4 is 5.32 Å². The predicted molar refractivity (Wildman–Crippen MR) is 84.5 cm³/mol. The first-order chi connectivity index (χ1) is 10.8. The zero-order chi connectivity index (χ0) is 15.4. The molecule has 0 unspecified atom stereocenters. The van der Waals surface area contributed by atoms with Crippen LogP contribution in [0.3, 0.4) is 0 Å². The molecule has 5 nitrogen and oxygen atoms in total. The van der Waals surface area contributed by atoms with Crippen LogP contribution in [0.15, 0.2) is 37.1 Å². The van der Waals surface area contributed by atoms with Crippen LogP contribution >= 0.6 is 11.6 Å². The normalized spacial score (nSPS) is 11.0. The number of nitrogens with one attached hydrogen (secondary N) is 1. The monoisotopic (exact) mass is 319 g/mol. The maximum atomic E-state index is 14.4. The summed E-state index contributed by atoms with van der Waals surface area (Å²) < 4.78 is 16.3. The Kier molecular flexibility index (Phi) is 4.48. The topological polar surface area (TPSA) is 55.6 Å². The van der Waals surface area contributed by atoms with Gasteiger partial charge in [-0.2, -0.15) is 0 Å². The minimum Gasteiger partial charge on any atom is -0.383 e. The molecule has 0 aliphatic carbocycles. The summed E-state index contributed by atoms with van der Waals surface area (Å²) in [4.78, 5) is 4.06. The van der Waals surface area contributed by atoms with Crippen LogP contribution in [0.1, 0.15) is 12.8 Å². The molecule has 0 spiro atoms. The van der Waals surface area contributed by atoms with E-state index in [1.807, 2.05) is 4.57 Å². The molecule has 3 aromatic rings. The number of pyridine rings is 1. The first-order valence-corrected chi connectivity index (χ1v) is 7.42. The van der Waals surface area contributed by atoms with Crippen molar-refractivity contribution < 1.29 is 4.39 Å². The van der Waals surface area contributed by atoms with Crippen molar-refractivity contribution in [2.75, 3.05) is 11.9 Å². The minimum atomic E-state index is -0.362. The van der Waals surface area contributed by atoms with Crippen molar-refractivity contribution in [3.8, 4) is 0 Å². The van der Waals surface area contributed by atoms with Crippen molar-refractivity contribution in [1.82, 2.24) is 19.7 Å². The highest BCUT2D eigenvalue weighted by Gasteiger charge is 2.10. The van der Waals surface area contributed by atoms with E-state index in [4.69, 9.17) is 11.6 Å². The molecule has 0 atom stereocenters. The third kappa shape index (κ3) is 3.17. The van der Waals surface area contributed by atoms with E-state index in [1.54, 1.807) is 30.9 Å². The second-order valence-corrected chi connectivity index (χ2v) is 5.36. The first kappa shape index (κ1) is 14.7. The number of benzene rings is 1. The van der Waals surface area contributed by atoms with Gasteiger partial charge in [-0.3, -0.25) is 4.98 Å². The van der Waals surface area contributed by atoms with Gasteiger partial charge in [0.1, 0.15) is 18.2 Å². The summed E-state index contributed by atoms with van der Waals surface area (Å²) in [6, 6.07) is 5.14. The Bertz CT molecular complexity index is 760. The highest BCUT2D eigenvalue weighted by Crippen LogP contribution is 2.27. The van der Waals surface area contributed by atoms with Gasteiger partial charge in [-0.25, -0.2) is 4.39 Å². The zero-order valence-corrected chi connectivity index (χ0v) is 12.6. The number of anilines is 1. The summed E-state index contributed by atoms with van der Waals surface area (Å²) in [5.41, 5.74) is 0.744. The number of aryl methyl sites for hydroxylation is 1. The summed E-state index contributed by atoms with van der Waals surface area (Å²) in [7, 11) is 0. The van der Waals surface area contributed by atoms with Crippen LogP contribution in [0.25, 0.3) is 10.9 Å². The number of unbranched alkanes of at least 4 members (excludes halogenated alkanes) is 1. The Morgan fingerprint density at radius 2 is 1.95 bits per heavy atom. The third-order valence-electron chi connectivity index (χ3n) is 3.42. The van der Waals surface area contributed by atoms with Crippen molar-refractivity contribution in [1.29, 1.82) is 0 Å². The van der Waals surface area contributed by atoms with Crippen LogP contribution in [0, 0.1) is 5.82 Å². The number of fused-ring (bicyclic) bond motifs is 1. The average molecular weight is 320 g/mol. The highest BCUT2D eigenvalue weighted by molar-refractivity contribution is 6.35. The van der Waals surface area contributed by atoms with E-state index in [1.165, 1.54) is 6.20 Å². The lowest BCUT2D eigenvalue weighted by molar-refractivity contribution is 0.614. The van der Waals surface area contributed by atoms with Crippen LogP contribution in [-0.4, -0.2) is 26.3 Å². The summed E-state index contributed by atoms with van der Waals surface area (Å²) in [5.74, 6) is -0.362. The maximum Gasteiger partial charge on any atom is 0.172 e. The summed E-state index contributed by atoms with van der Waals surface area (Å²) in [5, 5.41) is 11.7. The summed E-state index contributed by atoms with van der Waals surface area (Å²) in [6.45, 7) is 1.54. The van der Waals surface area contributed by atoms with E-state index in [0.717, 1.165) is 19.4 Å². The van der Waals surface area contributed by atoms with Crippen molar-refractivity contribution in [3.63, 3.8) is 0 Å². The number of hydrogen-bond donors (Lipinski definition) is 1. The smallest absolute Gasteiger partial charge is 0.172 e. The zero-order valence-electron chi connectivity index (χ0n) is 11.8. The van der Waals surface area contributed by atoms with Gasteiger partial charge < -0.3 is 9.88 Å². The van der Waals surface area contributed by atoms with E-state index < -0.39 is 0 Å². The van der Waals surface area contributed by atoms with E-state index in [-0.39, 0.29) is 5.82 Å². The number of nitrogens with zero attached hydrogens (tertiary/aromatic N) is 4. The minimum absolute atomic E-state index is 0.294. The van der Waals surface area contributed by atoms with E-state index in [0.29, 0.717) is 28.2 Å². The molecule has 1 aromatic carbocycles. The molecule has 0 saturated carbocycles. The van der Waals surface area contributed by atoms with Gasteiger partial charge >= 0.3 is 0 Å². The van der Waals surface area contributed by atoms with Crippen LogP contribution in [-0.2, 0) is 6.54 Å². The van der Waals surface area contributed by atoms with Gasteiger partial charge in [0.05, 0.1) is 10.7 Å². The molecule has 1 N–H and O–H groups in total. The molecule has 0 bridgehead atoms. The molecule has 0 saturated heterocycles. The first-order valence-electron chi connectivity index (χ1n) is 7.05. The van der Waals surface area contributed by atoms with Crippen molar-refractivity contribution in [2.45, 2.75) is 19.4 Å². The molecule has 0 fully saturated rings. The van der Waals surface area contributed by atoms with Gasteiger partial charge in [0.25, 0.3) is 0 Å². The number of rotatable bonds is 6. The molecule has 0 aliphatic rings. The standard InChI is InChI=1S/C15H15ClFN5/c16-12-5-7-19-15-11(12)3-4-13(14(15)17)18-6-1-2-8-22-9-20-21-10-22/h3-5,7,9-10,18H,1-2,6,8H2. The van der Waals surface area contributed by atoms with Gasteiger partial charge in [0, 0.05) is 24.7 Å². The SMILES string of the molecule is Fc1c(NCCCCn2cnnc2)ccc2c(Cl)ccnc12. The number of hydrogen-bond acceptors (Lipinski definition) is 4. The van der Waals surface area contributed by atoms with Crippen LogP contribution in [0.2, 0.25) is 5.02 Å². The predicted octanol–water partition coefficient (Wildman–Crippen LogP) is 3.51. The van der Waals surface area contributed by atoms with E-state index >= 15 is 0 Å². The van der Waals surface area contributed by atoms with Crippen molar-refractivity contribution >= 4 is 28.2 Å². The van der Waals surface area contributed by atoms with E-state index in [2.05, 4.69) is 20.5 Å². The van der Waals surface area contributed by atoms with E-state index in [9.17, 15) is 4.39 Å². The molecule has 2 heterocycles. The molecular formula is C15H15ClFN5. The Morgan fingerprint density at radius 1 is 1.14 bits per heavy atom. The lowest BCUT2D eigenvalue weighted by Gasteiger charge is -2.09. The second kappa shape index (κ2) is 6.70. The summed E-state index contributed by atoms with van der Waals surface area (Å²) in [6.07, 6.45) is 6.76. The Hall–Kier alpha value is -2.21. The Labute approximate surface area is 132 Å². The van der Waals surface area contributed by atoms with Gasteiger partial charge in [-0.15, -0.1) is 10.2 Å². The van der Waals surface area contributed by atoms with Gasteiger partial charge in [0.2, 0.25) is 0 Å². The lowest BCUT2D eigenvalue weighted by atomic mass is 10.2. The van der Waals surface area contributed by atoms with Crippen LogP contribution in [0.4, 0.5) is 10.1 Å². The molecule has 0 amide bonds. The highest BCUT2D eigenvalue weighted by atomic mass is 35.5. The van der Waals surface area contributed by atoms with Gasteiger partial charge in [-0.1, -0.05) is 11.6 Å². The molecule has 114 valence electrons. The van der Waals surface area contributed by atoms with Gasteiger partial charge in [-0.05, 0) is 31.0 Å². The molecule has 0 aliphatic heterocycles. The number of halogens is 2. The number of aromatic nitrogens is 4. The molecular weight excluding hydrogens is 305 g/mol. The van der Waals surface area contributed by atoms with Crippen molar-refractivity contribution in [2.24, 2.45) is 0 Å². The fraction of sp³-hybridized carbons (Fsp3) is 0.267. The van der Waals surface area contributed by atoms with Crippen LogP contribution in [0.5, 0.6) is 0 Å². The third-order valence-corrected chi connectivity index (χ3v) is 3.75.